The summed E-state index contributed by atoms with van der Waals surface area (Å²) in [6.45, 7) is 3.51. The number of carbonyl (C=O) groups is 2. The van der Waals surface area contributed by atoms with Gasteiger partial charge >= 0.3 is 6.03 Å². The first-order valence-corrected chi connectivity index (χ1v) is 9.61. The number of hydrogen-bond donors (Lipinski definition) is 2. The molecule has 3 aliphatic rings. The van der Waals surface area contributed by atoms with Crippen molar-refractivity contribution in [3.05, 3.63) is 0 Å². The molecule has 0 spiro atoms. The largest absolute Gasteiger partial charge is 0.337 e. The SMILES string of the molecule is N#CC1(NC(=O)CN2CCC(N3CCNC3=O)CC2)CCCCCC1. The van der Waals surface area contributed by atoms with Gasteiger partial charge in [-0.3, -0.25) is 9.69 Å². The smallest absolute Gasteiger partial charge is 0.317 e. The van der Waals surface area contributed by atoms with E-state index < -0.39 is 5.54 Å². The van der Waals surface area contributed by atoms with Crippen molar-refractivity contribution in [1.29, 1.82) is 5.26 Å². The van der Waals surface area contributed by atoms with Crippen LogP contribution in [0.15, 0.2) is 0 Å². The van der Waals surface area contributed by atoms with Gasteiger partial charge in [0.25, 0.3) is 0 Å². The van der Waals surface area contributed by atoms with Crippen LogP contribution in [0, 0.1) is 11.3 Å². The maximum absolute atomic E-state index is 12.5. The molecule has 7 nitrogen and oxygen atoms in total. The number of urea groups is 1. The van der Waals surface area contributed by atoms with Gasteiger partial charge in [0.1, 0.15) is 5.54 Å². The maximum atomic E-state index is 12.5. The molecule has 3 fully saturated rings. The van der Waals surface area contributed by atoms with Crippen LogP contribution in [0.5, 0.6) is 0 Å². The average molecular weight is 347 g/mol. The maximum Gasteiger partial charge on any atom is 0.317 e. The minimum atomic E-state index is -0.667. The summed E-state index contributed by atoms with van der Waals surface area (Å²) in [5.74, 6) is -0.0409. The lowest BCUT2D eigenvalue weighted by Crippen LogP contribution is -2.52. The summed E-state index contributed by atoms with van der Waals surface area (Å²) in [5.41, 5.74) is -0.667. The number of piperidine rings is 1. The van der Waals surface area contributed by atoms with Crippen molar-refractivity contribution in [2.24, 2.45) is 0 Å². The monoisotopic (exact) mass is 347 g/mol. The second kappa shape index (κ2) is 8.05. The Labute approximate surface area is 149 Å². The molecule has 0 atom stereocenters. The van der Waals surface area contributed by atoms with Crippen molar-refractivity contribution in [2.75, 3.05) is 32.7 Å². The quantitative estimate of drug-likeness (QED) is 0.748. The summed E-state index contributed by atoms with van der Waals surface area (Å²) in [7, 11) is 0. The van der Waals surface area contributed by atoms with E-state index in [9.17, 15) is 14.9 Å². The summed E-state index contributed by atoms with van der Waals surface area (Å²) >= 11 is 0. The summed E-state index contributed by atoms with van der Waals surface area (Å²) in [4.78, 5) is 28.3. The lowest BCUT2D eigenvalue weighted by atomic mass is 9.92. The van der Waals surface area contributed by atoms with Gasteiger partial charge in [0.05, 0.1) is 12.6 Å². The van der Waals surface area contributed by atoms with Crippen molar-refractivity contribution in [2.45, 2.75) is 62.9 Å². The fraction of sp³-hybridized carbons (Fsp3) is 0.833. The third-order valence-corrected chi connectivity index (χ3v) is 5.80. The van der Waals surface area contributed by atoms with Crippen molar-refractivity contribution < 1.29 is 9.59 Å². The summed E-state index contributed by atoms with van der Waals surface area (Å²) in [5, 5.41) is 15.5. The number of nitriles is 1. The Bertz CT molecular complexity index is 528. The second-order valence-corrected chi connectivity index (χ2v) is 7.59. The first kappa shape index (κ1) is 18.0. The number of likely N-dealkylation sites (tertiary alicyclic amines) is 1. The minimum absolute atomic E-state index is 0.0409. The fourth-order valence-electron chi connectivity index (χ4n) is 4.33. The Morgan fingerprint density at radius 3 is 2.44 bits per heavy atom. The van der Waals surface area contributed by atoms with E-state index >= 15 is 0 Å². The Hall–Kier alpha value is -1.81. The molecule has 1 saturated carbocycles. The van der Waals surface area contributed by atoms with Crippen molar-refractivity contribution in [3.63, 3.8) is 0 Å². The molecule has 3 amide bonds. The molecule has 7 heteroatoms. The van der Waals surface area contributed by atoms with Crippen LogP contribution in [0.2, 0.25) is 0 Å². The van der Waals surface area contributed by atoms with Gasteiger partial charge in [-0.25, -0.2) is 4.79 Å². The minimum Gasteiger partial charge on any atom is -0.337 e. The van der Waals surface area contributed by atoms with Gasteiger partial charge in [-0.05, 0) is 25.7 Å². The van der Waals surface area contributed by atoms with E-state index in [0.717, 1.165) is 77.5 Å². The van der Waals surface area contributed by atoms with E-state index in [1.165, 1.54) is 0 Å². The highest BCUT2D eigenvalue weighted by Gasteiger charge is 2.34. The molecule has 25 heavy (non-hydrogen) atoms. The predicted octanol–water partition coefficient (Wildman–Crippen LogP) is 1.21. The first-order chi connectivity index (χ1) is 12.1. The van der Waals surface area contributed by atoms with Crippen LogP contribution in [-0.4, -0.2) is 66.0 Å². The Balaban J connectivity index is 1.46. The molecule has 138 valence electrons. The van der Waals surface area contributed by atoms with Crippen LogP contribution in [0.25, 0.3) is 0 Å². The molecule has 0 aromatic rings. The number of rotatable bonds is 4. The lowest BCUT2D eigenvalue weighted by Gasteiger charge is -2.36. The molecule has 0 radical (unpaired) electrons. The zero-order chi connectivity index (χ0) is 17.7. The Morgan fingerprint density at radius 1 is 1.20 bits per heavy atom. The van der Waals surface area contributed by atoms with Gasteiger partial charge in [0, 0.05) is 32.2 Å². The van der Waals surface area contributed by atoms with Gasteiger partial charge < -0.3 is 15.5 Å². The highest BCUT2D eigenvalue weighted by Crippen LogP contribution is 2.26. The average Bonchev–Trinajstić information content (AvgIpc) is 2.90. The van der Waals surface area contributed by atoms with Crippen LogP contribution in [-0.2, 0) is 4.79 Å². The normalized spacial score (nSPS) is 25.1. The Kier molecular flexibility index (Phi) is 5.79. The molecule has 2 saturated heterocycles. The third-order valence-electron chi connectivity index (χ3n) is 5.80. The van der Waals surface area contributed by atoms with Crippen molar-refractivity contribution in [3.8, 4) is 6.07 Å². The van der Waals surface area contributed by atoms with Gasteiger partial charge in [0.2, 0.25) is 5.91 Å². The van der Waals surface area contributed by atoms with Crippen molar-refractivity contribution in [1.82, 2.24) is 20.4 Å². The summed E-state index contributed by atoms with van der Waals surface area (Å²) in [6.07, 6.45) is 7.67. The Morgan fingerprint density at radius 2 is 1.88 bits per heavy atom. The summed E-state index contributed by atoms with van der Waals surface area (Å²) in [6, 6.07) is 2.70. The van der Waals surface area contributed by atoms with Gasteiger partial charge in [-0.15, -0.1) is 0 Å². The van der Waals surface area contributed by atoms with Gasteiger partial charge in [-0.1, -0.05) is 25.7 Å². The fourth-order valence-corrected chi connectivity index (χ4v) is 4.33. The van der Waals surface area contributed by atoms with E-state index in [-0.39, 0.29) is 18.0 Å². The van der Waals surface area contributed by atoms with Gasteiger partial charge in [-0.2, -0.15) is 5.26 Å². The zero-order valence-electron chi connectivity index (χ0n) is 14.9. The van der Waals surface area contributed by atoms with Crippen molar-refractivity contribution >= 4 is 11.9 Å². The molecular weight excluding hydrogens is 318 g/mol. The summed E-state index contributed by atoms with van der Waals surface area (Å²) < 4.78 is 0. The molecule has 0 aromatic carbocycles. The molecule has 3 rings (SSSR count). The molecule has 0 aromatic heterocycles. The van der Waals surface area contributed by atoms with Crippen LogP contribution in [0.4, 0.5) is 4.79 Å². The van der Waals surface area contributed by atoms with E-state index in [0.29, 0.717) is 6.54 Å². The highest BCUT2D eigenvalue weighted by atomic mass is 16.2. The number of carbonyl (C=O) groups excluding carboxylic acids is 2. The molecule has 0 unspecified atom stereocenters. The number of nitrogens with one attached hydrogen (secondary N) is 2. The molecule has 1 aliphatic carbocycles. The molecule has 0 bridgehead atoms. The van der Waals surface area contributed by atoms with Crippen LogP contribution < -0.4 is 10.6 Å². The zero-order valence-corrected chi connectivity index (χ0v) is 14.9. The number of hydrogen-bond acceptors (Lipinski definition) is 4. The topological polar surface area (TPSA) is 88.5 Å². The standard InChI is InChI=1S/C18H29N5O2/c19-14-18(7-3-1-2-4-8-18)21-16(24)13-22-10-5-15(6-11-22)23-12-9-20-17(23)25/h15H,1-13H2,(H,20,25)(H,21,24). The molecule has 2 aliphatic heterocycles. The van der Waals surface area contributed by atoms with E-state index in [2.05, 4.69) is 21.6 Å². The van der Waals surface area contributed by atoms with Gasteiger partial charge in [0.15, 0.2) is 0 Å². The lowest BCUT2D eigenvalue weighted by molar-refractivity contribution is -0.124. The highest BCUT2D eigenvalue weighted by molar-refractivity contribution is 5.79. The molecule has 2 N–H and O–H groups in total. The predicted molar refractivity (Wildman–Crippen MR) is 93.8 cm³/mol. The van der Waals surface area contributed by atoms with E-state index in [1.807, 2.05) is 4.90 Å². The number of nitrogens with zero attached hydrogens (tertiary/aromatic N) is 3. The second-order valence-electron chi connectivity index (χ2n) is 7.59. The van der Waals surface area contributed by atoms with Crippen LogP contribution in [0.3, 0.4) is 0 Å². The van der Waals surface area contributed by atoms with E-state index in [1.54, 1.807) is 0 Å². The number of amides is 3. The van der Waals surface area contributed by atoms with E-state index in [4.69, 9.17) is 0 Å². The first-order valence-electron chi connectivity index (χ1n) is 9.61. The van der Waals surface area contributed by atoms with Crippen LogP contribution >= 0.6 is 0 Å². The van der Waals surface area contributed by atoms with Crippen LogP contribution in [0.1, 0.15) is 51.4 Å². The molecular formula is C18H29N5O2. The third kappa shape index (κ3) is 4.43. The molecule has 2 heterocycles.